The zero-order valence-corrected chi connectivity index (χ0v) is 9.30. The standard InChI is InChI=1S/C9H14N2O2S/c1-13-7-4-5-9(8(10)6-7)11-14(2,3)12/h4-6H,10H2,1-3H3. The number of nitrogens with zero attached hydrogens (tertiary/aromatic N) is 1. The Bertz CT molecular complexity index is 440. The van der Waals surface area contributed by atoms with Gasteiger partial charge in [0, 0.05) is 28.3 Å². The summed E-state index contributed by atoms with van der Waals surface area (Å²) in [5, 5.41) is 0. The van der Waals surface area contributed by atoms with Gasteiger partial charge in [0.05, 0.1) is 18.5 Å². The second kappa shape index (κ2) is 3.88. The first kappa shape index (κ1) is 10.8. The van der Waals surface area contributed by atoms with Gasteiger partial charge in [-0.05, 0) is 12.1 Å². The lowest BCUT2D eigenvalue weighted by Gasteiger charge is -2.04. The molecular formula is C9H14N2O2S. The molecule has 4 nitrogen and oxygen atoms in total. The molecule has 0 amide bonds. The average molecular weight is 214 g/mol. The van der Waals surface area contributed by atoms with Crippen LogP contribution in [0.3, 0.4) is 0 Å². The highest BCUT2D eigenvalue weighted by Crippen LogP contribution is 2.27. The molecule has 0 spiro atoms. The van der Waals surface area contributed by atoms with Crippen molar-refractivity contribution in [1.82, 2.24) is 0 Å². The lowest BCUT2D eigenvalue weighted by Crippen LogP contribution is -1.92. The van der Waals surface area contributed by atoms with Crippen LogP contribution in [-0.4, -0.2) is 23.8 Å². The van der Waals surface area contributed by atoms with E-state index in [1.54, 1.807) is 37.8 Å². The predicted molar refractivity (Wildman–Crippen MR) is 59.5 cm³/mol. The average Bonchev–Trinajstić information content (AvgIpc) is 2.06. The molecule has 0 radical (unpaired) electrons. The first-order valence-corrected chi connectivity index (χ1v) is 6.36. The fourth-order valence-corrected chi connectivity index (χ4v) is 1.62. The maximum Gasteiger partial charge on any atom is 0.121 e. The normalized spacial score (nSPS) is 11.1. The van der Waals surface area contributed by atoms with Gasteiger partial charge in [0.25, 0.3) is 0 Å². The summed E-state index contributed by atoms with van der Waals surface area (Å²) in [7, 11) is -0.601. The third-order valence-electron chi connectivity index (χ3n) is 1.55. The molecule has 1 aromatic carbocycles. The largest absolute Gasteiger partial charge is 0.497 e. The van der Waals surface area contributed by atoms with Crippen molar-refractivity contribution in [1.29, 1.82) is 0 Å². The van der Waals surface area contributed by atoms with E-state index in [1.165, 1.54) is 0 Å². The number of hydrogen-bond acceptors (Lipinski definition) is 4. The van der Waals surface area contributed by atoms with E-state index in [0.717, 1.165) is 0 Å². The van der Waals surface area contributed by atoms with Crippen molar-refractivity contribution in [3.63, 3.8) is 0 Å². The molecule has 0 aliphatic carbocycles. The summed E-state index contributed by atoms with van der Waals surface area (Å²) in [4.78, 5) is 0. The third-order valence-corrected chi connectivity index (χ3v) is 2.19. The van der Waals surface area contributed by atoms with Gasteiger partial charge >= 0.3 is 0 Å². The van der Waals surface area contributed by atoms with Gasteiger partial charge in [-0.25, -0.2) is 4.21 Å². The van der Waals surface area contributed by atoms with Gasteiger partial charge in [0.1, 0.15) is 5.75 Å². The number of benzene rings is 1. The Kier molecular flexibility index (Phi) is 3.00. The number of methoxy groups -OCH3 is 1. The lowest BCUT2D eigenvalue weighted by atomic mass is 10.2. The number of rotatable bonds is 2. The van der Waals surface area contributed by atoms with Gasteiger partial charge in [0.2, 0.25) is 0 Å². The molecule has 2 N–H and O–H groups in total. The Balaban J connectivity index is 3.20. The van der Waals surface area contributed by atoms with E-state index < -0.39 is 9.73 Å². The van der Waals surface area contributed by atoms with E-state index in [9.17, 15) is 4.21 Å². The molecule has 0 aromatic heterocycles. The summed E-state index contributed by atoms with van der Waals surface area (Å²) in [6.07, 6.45) is 3.13. The lowest BCUT2D eigenvalue weighted by molar-refractivity contribution is 0.415. The smallest absolute Gasteiger partial charge is 0.121 e. The number of ether oxygens (including phenoxy) is 1. The summed E-state index contributed by atoms with van der Waals surface area (Å²) in [6, 6.07) is 5.09. The van der Waals surface area contributed by atoms with Crippen molar-refractivity contribution < 1.29 is 8.95 Å². The zero-order valence-electron chi connectivity index (χ0n) is 8.48. The van der Waals surface area contributed by atoms with E-state index in [4.69, 9.17) is 10.5 Å². The third kappa shape index (κ3) is 2.92. The molecule has 78 valence electrons. The minimum atomic E-state index is -2.17. The van der Waals surface area contributed by atoms with Gasteiger partial charge in [-0.15, -0.1) is 0 Å². The van der Waals surface area contributed by atoms with Crippen molar-refractivity contribution >= 4 is 21.1 Å². The molecule has 0 aliphatic heterocycles. The highest BCUT2D eigenvalue weighted by atomic mass is 32.2. The van der Waals surface area contributed by atoms with Crippen molar-refractivity contribution in [2.24, 2.45) is 4.36 Å². The molecule has 0 unspecified atom stereocenters. The van der Waals surface area contributed by atoms with Gasteiger partial charge in [-0.3, -0.25) is 0 Å². The quantitative estimate of drug-likeness (QED) is 0.761. The molecular weight excluding hydrogens is 200 g/mol. The molecule has 0 heterocycles. The first-order valence-electron chi connectivity index (χ1n) is 4.03. The SMILES string of the molecule is COc1ccc(N=S(C)(C)=O)c(N)c1. The highest BCUT2D eigenvalue weighted by Gasteiger charge is 2.01. The minimum Gasteiger partial charge on any atom is -0.497 e. The van der Waals surface area contributed by atoms with Crippen LogP contribution in [0.5, 0.6) is 5.75 Å². The van der Waals surface area contributed by atoms with Crippen LogP contribution in [0.4, 0.5) is 11.4 Å². The summed E-state index contributed by atoms with van der Waals surface area (Å²) in [5.41, 5.74) is 6.72. The highest BCUT2D eigenvalue weighted by molar-refractivity contribution is 7.92. The van der Waals surface area contributed by atoms with Crippen LogP contribution in [0.25, 0.3) is 0 Å². The van der Waals surface area contributed by atoms with Gasteiger partial charge in [0.15, 0.2) is 0 Å². The second-order valence-electron chi connectivity index (χ2n) is 3.20. The summed E-state index contributed by atoms with van der Waals surface area (Å²) in [6.45, 7) is 0. The maximum atomic E-state index is 11.4. The molecule has 5 heteroatoms. The fourth-order valence-electron chi connectivity index (χ4n) is 0.980. The molecule has 0 bridgehead atoms. The van der Waals surface area contributed by atoms with Crippen LogP contribution >= 0.6 is 0 Å². The van der Waals surface area contributed by atoms with E-state index >= 15 is 0 Å². The summed E-state index contributed by atoms with van der Waals surface area (Å²) in [5.74, 6) is 0.667. The van der Waals surface area contributed by atoms with Crippen molar-refractivity contribution in [3.05, 3.63) is 18.2 Å². The maximum absolute atomic E-state index is 11.4. The molecule has 0 saturated heterocycles. The topological polar surface area (TPSA) is 64.7 Å². The summed E-state index contributed by atoms with van der Waals surface area (Å²) >= 11 is 0. The minimum absolute atomic E-state index is 0.473. The molecule has 0 saturated carbocycles. The van der Waals surface area contributed by atoms with Crippen LogP contribution in [0.2, 0.25) is 0 Å². The van der Waals surface area contributed by atoms with E-state index in [-0.39, 0.29) is 0 Å². The van der Waals surface area contributed by atoms with E-state index in [1.807, 2.05) is 0 Å². The van der Waals surface area contributed by atoms with Crippen molar-refractivity contribution in [2.75, 3.05) is 25.4 Å². The fraction of sp³-hybridized carbons (Fsp3) is 0.333. The van der Waals surface area contributed by atoms with E-state index in [0.29, 0.717) is 17.1 Å². The Morgan fingerprint density at radius 1 is 1.43 bits per heavy atom. The number of hydrogen-bond donors (Lipinski definition) is 1. The molecule has 0 aliphatic rings. The second-order valence-corrected chi connectivity index (χ2v) is 5.74. The molecule has 14 heavy (non-hydrogen) atoms. The molecule has 1 rings (SSSR count). The van der Waals surface area contributed by atoms with Gasteiger partial charge in [-0.2, -0.15) is 4.36 Å². The van der Waals surface area contributed by atoms with Crippen LogP contribution in [0, 0.1) is 0 Å². The Morgan fingerprint density at radius 3 is 2.50 bits per heavy atom. The van der Waals surface area contributed by atoms with Crippen molar-refractivity contribution in [3.8, 4) is 5.75 Å². The van der Waals surface area contributed by atoms with Gasteiger partial charge in [-0.1, -0.05) is 0 Å². The first-order chi connectivity index (χ1) is 6.42. The Hall–Kier alpha value is -1.23. The van der Waals surface area contributed by atoms with Crippen LogP contribution in [0.1, 0.15) is 0 Å². The van der Waals surface area contributed by atoms with Gasteiger partial charge < -0.3 is 10.5 Å². The number of anilines is 1. The van der Waals surface area contributed by atoms with E-state index in [2.05, 4.69) is 4.36 Å². The Labute approximate surface area is 84.3 Å². The van der Waals surface area contributed by atoms with Crippen LogP contribution in [0.15, 0.2) is 22.6 Å². The number of nitrogens with two attached hydrogens (primary N) is 1. The Morgan fingerprint density at radius 2 is 2.07 bits per heavy atom. The molecule has 1 aromatic rings. The zero-order chi connectivity index (χ0) is 10.8. The number of nitrogen functional groups attached to an aromatic ring is 1. The summed E-state index contributed by atoms with van der Waals surface area (Å²) < 4.78 is 20.4. The van der Waals surface area contributed by atoms with Crippen molar-refractivity contribution in [2.45, 2.75) is 0 Å². The molecule has 0 atom stereocenters. The van der Waals surface area contributed by atoms with Crippen LogP contribution in [-0.2, 0) is 9.73 Å². The van der Waals surface area contributed by atoms with Crippen LogP contribution < -0.4 is 10.5 Å². The monoisotopic (exact) mass is 214 g/mol. The molecule has 0 fully saturated rings. The predicted octanol–water partition coefficient (Wildman–Crippen LogP) is 1.64.